The van der Waals surface area contributed by atoms with Gasteiger partial charge in [-0.2, -0.15) is 0 Å². The van der Waals surface area contributed by atoms with Crippen molar-refractivity contribution in [2.24, 2.45) is 0 Å². The third kappa shape index (κ3) is 12.0. The summed E-state index contributed by atoms with van der Waals surface area (Å²) in [4.78, 5) is 18.6. The Bertz CT molecular complexity index is 1350. The molecule has 2 aromatic carbocycles. The lowest BCUT2D eigenvalue weighted by atomic mass is 10.3. The molecule has 4 heterocycles. The second kappa shape index (κ2) is 19.4. The molecule has 0 unspecified atom stereocenters. The van der Waals surface area contributed by atoms with Crippen LogP contribution in [0.3, 0.4) is 0 Å². The van der Waals surface area contributed by atoms with E-state index in [1.807, 2.05) is 54.6 Å². The lowest BCUT2D eigenvalue weighted by Crippen LogP contribution is -2.36. The second-order valence-electron chi connectivity index (χ2n) is 9.16. The molecule has 3 N–H and O–H groups in total. The number of anilines is 5. The van der Waals surface area contributed by atoms with Gasteiger partial charge in [0.2, 0.25) is 0 Å². The van der Waals surface area contributed by atoms with Crippen molar-refractivity contribution in [3.8, 4) is 11.5 Å². The largest absolute Gasteiger partial charge is 0.497 e. The summed E-state index contributed by atoms with van der Waals surface area (Å²) in [6.07, 6.45) is 2.99. The first-order chi connectivity index (χ1) is 21.1. The van der Waals surface area contributed by atoms with Gasteiger partial charge in [-0.25, -0.2) is 19.9 Å². The van der Waals surface area contributed by atoms with Gasteiger partial charge in [-0.05, 0) is 48.5 Å². The van der Waals surface area contributed by atoms with Crippen LogP contribution in [0.25, 0.3) is 0 Å². The highest BCUT2D eigenvalue weighted by molar-refractivity contribution is 6.29. The number of rotatable bonds is 7. The van der Waals surface area contributed by atoms with Gasteiger partial charge in [0.1, 0.15) is 46.8 Å². The molecule has 0 saturated carbocycles. The van der Waals surface area contributed by atoms with E-state index in [0.29, 0.717) is 11.0 Å². The fourth-order valence-electron chi connectivity index (χ4n) is 3.94. The molecule has 0 atom stereocenters. The van der Waals surface area contributed by atoms with Crippen molar-refractivity contribution >= 4 is 52.8 Å². The zero-order valence-corrected chi connectivity index (χ0v) is 26.3. The quantitative estimate of drug-likeness (QED) is 0.235. The third-order valence-electron chi connectivity index (χ3n) is 6.19. The van der Waals surface area contributed by atoms with Crippen LogP contribution < -0.4 is 30.3 Å². The molecule has 6 rings (SSSR count). The van der Waals surface area contributed by atoms with Crippen molar-refractivity contribution in [3.05, 3.63) is 78.5 Å². The van der Waals surface area contributed by atoms with Crippen LogP contribution in [-0.4, -0.2) is 86.8 Å². The van der Waals surface area contributed by atoms with E-state index in [1.165, 1.54) is 6.33 Å². The molecule has 0 aliphatic carbocycles. The summed E-state index contributed by atoms with van der Waals surface area (Å²) in [5, 5.41) is 9.94. The number of nitrogens with zero attached hydrogens (tertiary/aromatic N) is 5. The zero-order chi connectivity index (χ0) is 30.1. The molecular formula is C30H38Cl2N8O4. The monoisotopic (exact) mass is 644 g/mol. The molecular weight excluding hydrogens is 607 g/mol. The van der Waals surface area contributed by atoms with Crippen molar-refractivity contribution in [2.75, 3.05) is 82.4 Å². The topological polar surface area (TPSA) is 128 Å². The van der Waals surface area contributed by atoms with Gasteiger partial charge < -0.3 is 39.8 Å². The normalized spacial score (nSPS) is 13.9. The van der Waals surface area contributed by atoms with E-state index in [1.54, 1.807) is 26.6 Å². The number of ether oxygens (including phenoxy) is 4. The average Bonchev–Trinajstić information content (AvgIpc) is 3.07. The fourth-order valence-corrected chi connectivity index (χ4v) is 4.09. The summed E-state index contributed by atoms with van der Waals surface area (Å²) in [5.74, 6) is 4.00. The number of aromatic nitrogens is 4. The van der Waals surface area contributed by atoms with Gasteiger partial charge in [0, 0.05) is 49.7 Å². The number of morpholine rings is 2. The van der Waals surface area contributed by atoms with Crippen LogP contribution in [0.5, 0.6) is 11.5 Å². The van der Waals surface area contributed by atoms with Crippen molar-refractivity contribution in [1.82, 2.24) is 25.3 Å². The van der Waals surface area contributed by atoms with Gasteiger partial charge >= 0.3 is 0 Å². The molecule has 2 fully saturated rings. The van der Waals surface area contributed by atoms with Crippen LogP contribution in [0, 0.1) is 0 Å². The van der Waals surface area contributed by atoms with Crippen LogP contribution in [0.4, 0.5) is 28.8 Å². The Morgan fingerprint density at radius 1 is 0.705 bits per heavy atom. The van der Waals surface area contributed by atoms with Gasteiger partial charge in [-0.15, -0.1) is 12.4 Å². The summed E-state index contributed by atoms with van der Waals surface area (Å²) in [5.41, 5.74) is 1.87. The van der Waals surface area contributed by atoms with Crippen LogP contribution in [0.1, 0.15) is 0 Å². The van der Waals surface area contributed by atoms with Gasteiger partial charge in [0.25, 0.3) is 0 Å². The minimum Gasteiger partial charge on any atom is -0.497 e. The number of hydrogen-bond acceptors (Lipinski definition) is 12. The van der Waals surface area contributed by atoms with Crippen molar-refractivity contribution < 1.29 is 18.9 Å². The minimum absolute atomic E-state index is 0. The summed E-state index contributed by atoms with van der Waals surface area (Å²) < 4.78 is 20.6. The Balaban J connectivity index is 0.000000203. The van der Waals surface area contributed by atoms with Crippen LogP contribution >= 0.6 is 24.0 Å². The smallest absolute Gasteiger partial charge is 0.135 e. The molecule has 14 heteroatoms. The number of hydrogen-bond donors (Lipinski definition) is 3. The van der Waals surface area contributed by atoms with E-state index in [9.17, 15) is 0 Å². The highest BCUT2D eigenvalue weighted by Gasteiger charge is 2.13. The molecule has 236 valence electrons. The maximum Gasteiger partial charge on any atom is 0.135 e. The van der Waals surface area contributed by atoms with Gasteiger partial charge in [-0.3, -0.25) is 0 Å². The molecule has 0 amide bonds. The molecule has 0 radical (unpaired) electrons. The lowest BCUT2D eigenvalue weighted by Gasteiger charge is -2.27. The van der Waals surface area contributed by atoms with Crippen LogP contribution in [0.15, 0.2) is 73.3 Å². The number of methoxy groups -OCH3 is 2. The molecule has 2 aromatic heterocycles. The minimum atomic E-state index is 0. The predicted molar refractivity (Wildman–Crippen MR) is 176 cm³/mol. The van der Waals surface area contributed by atoms with Crippen LogP contribution in [0.2, 0.25) is 5.15 Å². The van der Waals surface area contributed by atoms with E-state index in [2.05, 4.69) is 40.8 Å². The Morgan fingerprint density at radius 2 is 1.20 bits per heavy atom. The highest BCUT2D eigenvalue weighted by atomic mass is 35.5. The molecule has 4 aromatic rings. The van der Waals surface area contributed by atoms with E-state index in [0.717, 1.165) is 87.1 Å². The maximum atomic E-state index is 5.75. The molecule has 12 nitrogen and oxygen atoms in total. The molecule has 0 spiro atoms. The molecule has 2 saturated heterocycles. The number of benzene rings is 2. The van der Waals surface area contributed by atoms with Crippen molar-refractivity contribution in [2.45, 2.75) is 0 Å². The van der Waals surface area contributed by atoms with Gasteiger partial charge in [0.15, 0.2) is 0 Å². The van der Waals surface area contributed by atoms with Gasteiger partial charge in [-0.1, -0.05) is 11.6 Å². The fraction of sp³-hybridized carbons (Fsp3) is 0.333. The maximum absolute atomic E-state index is 5.75. The Labute approximate surface area is 268 Å². The Kier molecular flexibility index (Phi) is 15.2. The summed E-state index contributed by atoms with van der Waals surface area (Å²) in [6, 6.07) is 18.9. The zero-order valence-electron chi connectivity index (χ0n) is 24.7. The predicted octanol–water partition coefficient (Wildman–Crippen LogP) is 4.98. The van der Waals surface area contributed by atoms with E-state index in [-0.39, 0.29) is 12.4 Å². The van der Waals surface area contributed by atoms with Crippen LogP contribution in [-0.2, 0) is 9.47 Å². The number of nitrogens with one attached hydrogen (secondary N) is 3. The van der Waals surface area contributed by atoms with E-state index >= 15 is 0 Å². The lowest BCUT2D eigenvalue weighted by molar-refractivity contribution is 0.109. The first-order valence-electron chi connectivity index (χ1n) is 13.9. The molecule has 2 aliphatic rings. The summed E-state index contributed by atoms with van der Waals surface area (Å²) in [7, 11) is 3.29. The molecule has 2 aliphatic heterocycles. The second-order valence-corrected chi connectivity index (χ2v) is 9.54. The Morgan fingerprint density at radius 3 is 1.66 bits per heavy atom. The third-order valence-corrected chi connectivity index (χ3v) is 6.40. The molecule has 44 heavy (non-hydrogen) atoms. The van der Waals surface area contributed by atoms with Gasteiger partial charge in [0.05, 0.1) is 40.6 Å². The van der Waals surface area contributed by atoms with Crippen molar-refractivity contribution in [3.63, 3.8) is 0 Å². The summed E-state index contributed by atoms with van der Waals surface area (Å²) in [6.45, 7) is 7.04. The van der Waals surface area contributed by atoms with E-state index in [4.69, 9.17) is 30.5 Å². The highest BCUT2D eigenvalue weighted by Crippen LogP contribution is 2.22. The first kappa shape index (κ1) is 34.5. The standard InChI is InChI=1S/C15H18N4O2.C11H10ClN3O.C4H9NO.ClH/c1-20-13-4-2-12(3-5-13)18-14-10-15(17-11-16-14)19-6-8-21-9-7-19;1-16-9-4-2-8(3-5-9)15-11-6-10(12)13-7-14-11;1-3-6-4-2-5-1;/h2-5,10-11H,6-9H2,1H3,(H,16,17,18);2-7H,1H3,(H,13,14,15);5H,1-4H2;1H. The van der Waals surface area contributed by atoms with E-state index < -0.39 is 0 Å². The average molecular weight is 646 g/mol. The number of halogens is 2. The Hall–Kier alpha value is -3.94. The van der Waals surface area contributed by atoms with Crippen molar-refractivity contribution in [1.29, 1.82) is 0 Å². The first-order valence-corrected chi connectivity index (χ1v) is 14.2. The SMILES string of the molecule is C1COCCN1.COc1ccc(Nc2cc(Cl)ncn2)cc1.COc1ccc(Nc2cc(N3CCOCC3)ncn2)cc1.Cl. The summed E-state index contributed by atoms with van der Waals surface area (Å²) >= 11 is 5.75. The molecule has 0 bridgehead atoms.